The first-order chi connectivity index (χ1) is 11.1. The zero-order valence-corrected chi connectivity index (χ0v) is 16.4. The molecule has 5 nitrogen and oxygen atoms in total. The van der Waals surface area contributed by atoms with Crippen molar-refractivity contribution in [1.29, 1.82) is 0 Å². The molecule has 0 N–H and O–H groups in total. The van der Waals surface area contributed by atoms with Crippen molar-refractivity contribution in [3.8, 4) is 5.75 Å². The van der Waals surface area contributed by atoms with Gasteiger partial charge >= 0.3 is 13.1 Å². The van der Waals surface area contributed by atoms with Gasteiger partial charge in [0.2, 0.25) is 0 Å². The number of hydrogen-bond donors (Lipinski definition) is 0. The van der Waals surface area contributed by atoms with Gasteiger partial charge in [0.15, 0.2) is 0 Å². The Morgan fingerprint density at radius 2 is 1.83 bits per heavy atom. The lowest BCUT2D eigenvalue weighted by Gasteiger charge is -2.32. The molecule has 0 saturated carbocycles. The Bertz CT molecular complexity index is 578. The molecule has 2 heterocycles. The molecule has 0 unspecified atom stereocenters. The molecule has 0 radical (unpaired) electrons. The molecule has 1 aromatic heterocycles. The molecule has 1 aliphatic heterocycles. The third-order valence-corrected chi connectivity index (χ3v) is 5.62. The van der Waals surface area contributed by atoms with Gasteiger partial charge in [0, 0.05) is 9.65 Å². The third kappa shape index (κ3) is 4.13. The summed E-state index contributed by atoms with van der Waals surface area (Å²) in [7, 11) is 0.985. The van der Waals surface area contributed by atoms with Gasteiger partial charge in [-0.15, -0.1) is 11.3 Å². The number of aryl methyl sites for hydroxylation is 1. The zero-order valence-electron chi connectivity index (χ0n) is 15.6. The predicted octanol–water partition coefficient (Wildman–Crippen LogP) is 2.94. The van der Waals surface area contributed by atoms with Crippen molar-refractivity contribution in [3.63, 3.8) is 0 Å². The summed E-state index contributed by atoms with van der Waals surface area (Å²) in [5.74, 6) is 0.569. The highest BCUT2D eigenvalue weighted by molar-refractivity contribution is 7.22. The summed E-state index contributed by atoms with van der Waals surface area (Å²) in [4.78, 5) is 12.5. The Balaban J connectivity index is 2.22. The second kappa shape index (κ2) is 7.06. The van der Waals surface area contributed by atoms with Crippen molar-refractivity contribution in [2.45, 2.75) is 71.7 Å². The van der Waals surface area contributed by atoms with Crippen LogP contribution in [0, 0.1) is 0 Å². The Morgan fingerprint density at radius 3 is 2.33 bits per heavy atom. The van der Waals surface area contributed by atoms with Crippen LogP contribution in [0.15, 0.2) is 6.07 Å². The molecule has 0 amide bonds. The SMILES string of the molecule is COC(=O)CCc1sc(B2OC(C)(C)C(C)(C)O2)cc1OC(C)C. The number of hydrogen-bond acceptors (Lipinski definition) is 6. The van der Waals surface area contributed by atoms with Crippen LogP contribution >= 0.6 is 11.3 Å². The van der Waals surface area contributed by atoms with E-state index in [1.807, 2.05) is 47.6 Å². The fourth-order valence-corrected chi connectivity index (χ4v) is 3.41. The van der Waals surface area contributed by atoms with Crippen LogP contribution in [0.3, 0.4) is 0 Å². The second-order valence-corrected chi connectivity index (χ2v) is 8.44. The van der Waals surface area contributed by atoms with E-state index in [0.29, 0.717) is 12.8 Å². The van der Waals surface area contributed by atoms with Crippen LogP contribution in [0.4, 0.5) is 0 Å². The first-order valence-electron chi connectivity index (χ1n) is 8.27. The van der Waals surface area contributed by atoms with Crippen molar-refractivity contribution in [2.24, 2.45) is 0 Å². The number of carbonyl (C=O) groups excluding carboxylic acids is 1. The molecule has 0 aromatic carbocycles. The van der Waals surface area contributed by atoms with Gasteiger partial charge in [0.25, 0.3) is 0 Å². The van der Waals surface area contributed by atoms with E-state index in [2.05, 4.69) is 0 Å². The summed E-state index contributed by atoms with van der Waals surface area (Å²) in [6.45, 7) is 12.1. The Hall–Kier alpha value is -1.05. The fraction of sp³-hybridized carbons (Fsp3) is 0.706. The zero-order chi connectivity index (χ0) is 18.1. The number of esters is 1. The predicted molar refractivity (Wildman–Crippen MR) is 96.1 cm³/mol. The largest absolute Gasteiger partial charge is 0.505 e. The average Bonchev–Trinajstić information content (AvgIpc) is 2.94. The Morgan fingerprint density at radius 1 is 1.25 bits per heavy atom. The van der Waals surface area contributed by atoms with Gasteiger partial charge < -0.3 is 18.8 Å². The lowest BCUT2D eigenvalue weighted by molar-refractivity contribution is -0.140. The number of thiophene rings is 1. The summed E-state index contributed by atoms with van der Waals surface area (Å²) < 4.78 is 23.8. The first-order valence-corrected chi connectivity index (χ1v) is 9.09. The monoisotopic (exact) mass is 354 g/mol. The maximum absolute atomic E-state index is 11.4. The molecule has 0 aliphatic carbocycles. The Labute approximate surface area is 148 Å². The van der Waals surface area contributed by atoms with Crippen molar-refractivity contribution in [2.75, 3.05) is 7.11 Å². The van der Waals surface area contributed by atoms with E-state index in [1.54, 1.807) is 11.3 Å². The van der Waals surface area contributed by atoms with Gasteiger partial charge in [-0.3, -0.25) is 4.79 Å². The van der Waals surface area contributed by atoms with Crippen LogP contribution in [-0.4, -0.2) is 37.5 Å². The average molecular weight is 354 g/mol. The van der Waals surface area contributed by atoms with E-state index >= 15 is 0 Å². The molecule has 2 rings (SSSR count). The molecule has 1 fully saturated rings. The minimum atomic E-state index is -0.415. The van der Waals surface area contributed by atoms with Crippen LogP contribution in [0.2, 0.25) is 0 Å². The summed E-state index contributed by atoms with van der Waals surface area (Å²) >= 11 is 1.57. The van der Waals surface area contributed by atoms with Crippen molar-refractivity contribution in [1.82, 2.24) is 0 Å². The third-order valence-electron chi connectivity index (χ3n) is 4.42. The van der Waals surface area contributed by atoms with Gasteiger partial charge in [-0.1, -0.05) is 0 Å². The van der Waals surface area contributed by atoms with E-state index < -0.39 is 7.12 Å². The molecular weight excluding hydrogens is 327 g/mol. The van der Waals surface area contributed by atoms with E-state index in [1.165, 1.54) is 7.11 Å². The minimum Gasteiger partial charge on any atom is -0.490 e. The smallest absolute Gasteiger partial charge is 0.490 e. The summed E-state index contributed by atoms with van der Waals surface area (Å²) in [5, 5.41) is 0. The van der Waals surface area contributed by atoms with Gasteiger partial charge in [0.05, 0.1) is 30.8 Å². The lowest BCUT2D eigenvalue weighted by Crippen LogP contribution is -2.41. The molecule has 0 bridgehead atoms. The van der Waals surface area contributed by atoms with E-state index in [-0.39, 0.29) is 23.3 Å². The number of methoxy groups -OCH3 is 1. The second-order valence-electron chi connectivity index (χ2n) is 7.27. The van der Waals surface area contributed by atoms with Gasteiger partial charge in [0.1, 0.15) is 5.75 Å². The Kier molecular flexibility index (Phi) is 5.67. The minimum absolute atomic E-state index is 0.0580. The van der Waals surface area contributed by atoms with Gasteiger partial charge in [-0.2, -0.15) is 0 Å². The number of ether oxygens (including phenoxy) is 2. The standard InChI is InChI=1S/C17H27BO5S/c1-11(2)21-12-10-14(24-13(12)8-9-15(19)20-7)18-22-16(3,4)17(5,6)23-18/h10-11H,8-9H2,1-7H3. The molecular formula is C17H27BO5S. The lowest BCUT2D eigenvalue weighted by atomic mass is 9.88. The molecule has 0 spiro atoms. The van der Waals surface area contributed by atoms with Gasteiger partial charge in [-0.25, -0.2) is 0 Å². The first kappa shape index (κ1) is 19.3. The molecule has 1 aliphatic rings. The summed E-state index contributed by atoms with van der Waals surface area (Å²) in [5.41, 5.74) is -0.764. The highest BCUT2D eigenvalue weighted by Crippen LogP contribution is 2.38. The normalized spacial score (nSPS) is 18.9. The maximum atomic E-state index is 11.4. The van der Waals surface area contributed by atoms with Gasteiger partial charge in [-0.05, 0) is 54.0 Å². The van der Waals surface area contributed by atoms with E-state index in [0.717, 1.165) is 15.4 Å². The molecule has 7 heteroatoms. The van der Waals surface area contributed by atoms with E-state index in [4.69, 9.17) is 18.8 Å². The van der Waals surface area contributed by atoms with Crippen LogP contribution in [-0.2, 0) is 25.3 Å². The van der Waals surface area contributed by atoms with E-state index in [9.17, 15) is 4.79 Å². The highest BCUT2D eigenvalue weighted by Gasteiger charge is 2.52. The molecule has 134 valence electrons. The van der Waals surface area contributed by atoms with Crippen molar-refractivity contribution >= 4 is 29.2 Å². The highest BCUT2D eigenvalue weighted by atomic mass is 32.1. The topological polar surface area (TPSA) is 54.0 Å². The summed E-state index contributed by atoms with van der Waals surface area (Å²) in [6.07, 6.45) is 0.968. The van der Waals surface area contributed by atoms with Crippen LogP contribution in [0.25, 0.3) is 0 Å². The molecule has 0 atom stereocenters. The van der Waals surface area contributed by atoms with Crippen molar-refractivity contribution in [3.05, 3.63) is 10.9 Å². The molecule has 24 heavy (non-hydrogen) atoms. The number of carbonyl (C=O) groups is 1. The van der Waals surface area contributed by atoms with Crippen LogP contribution < -0.4 is 9.51 Å². The van der Waals surface area contributed by atoms with Crippen LogP contribution in [0.5, 0.6) is 5.75 Å². The molecule has 1 aromatic rings. The molecule has 1 saturated heterocycles. The van der Waals surface area contributed by atoms with Crippen LogP contribution in [0.1, 0.15) is 52.8 Å². The summed E-state index contributed by atoms with van der Waals surface area (Å²) in [6, 6.07) is 1.97. The quantitative estimate of drug-likeness (QED) is 0.581. The fourth-order valence-electron chi connectivity index (χ4n) is 2.35. The van der Waals surface area contributed by atoms with Crippen molar-refractivity contribution < 1.29 is 23.6 Å². The number of rotatable bonds is 6. The maximum Gasteiger partial charge on any atom is 0.505 e.